The normalized spacial score (nSPS) is 21.5. The van der Waals surface area contributed by atoms with Crippen molar-refractivity contribution in [2.75, 3.05) is 13.7 Å². The third kappa shape index (κ3) is 8.58. The molecule has 0 radical (unpaired) electrons. The summed E-state index contributed by atoms with van der Waals surface area (Å²) in [5.41, 5.74) is 12.2. The standard InChI is InChI=1S/C34H35N3O6/c1-38-28-17-19-29(20-18-28)42-34-33(41-24-27-15-9-4-10-16-27)32(40-23-26-13-7-3-8-14-26)31(30(43-34)21-36-37-35)39-22-25-11-5-2-6-12-25/h2-20,30-34H,21-24H2,1H3/t30?,31-,32-,33?,34+/m1/s1. The molecule has 1 fully saturated rings. The van der Waals surface area contributed by atoms with Crippen molar-refractivity contribution in [3.8, 4) is 11.5 Å². The van der Waals surface area contributed by atoms with Gasteiger partial charge in [0.1, 0.15) is 29.8 Å². The van der Waals surface area contributed by atoms with E-state index < -0.39 is 30.7 Å². The molecule has 5 rings (SSSR count). The first-order chi connectivity index (χ1) is 21.2. The molecule has 2 unspecified atom stereocenters. The predicted molar refractivity (Wildman–Crippen MR) is 161 cm³/mol. The van der Waals surface area contributed by atoms with Crippen molar-refractivity contribution in [2.24, 2.45) is 5.11 Å². The van der Waals surface area contributed by atoms with Gasteiger partial charge in [-0.2, -0.15) is 0 Å². The van der Waals surface area contributed by atoms with Gasteiger partial charge in [-0.1, -0.05) is 96.1 Å². The van der Waals surface area contributed by atoms with E-state index in [-0.39, 0.29) is 6.54 Å². The van der Waals surface area contributed by atoms with E-state index in [0.717, 1.165) is 16.7 Å². The average molecular weight is 582 g/mol. The molecule has 1 aliphatic rings. The first-order valence-corrected chi connectivity index (χ1v) is 14.2. The van der Waals surface area contributed by atoms with Crippen LogP contribution in [0.5, 0.6) is 11.5 Å². The minimum atomic E-state index is -0.895. The molecule has 0 amide bonds. The van der Waals surface area contributed by atoms with Gasteiger partial charge in [0.2, 0.25) is 6.29 Å². The number of ether oxygens (including phenoxy) is 6. The van der Waals surface area contributed by atoms with Crippen molar-refractivity contribution < 1.29 is 28.4 Å². The lowest BCUT2D eigenvalue weighted by Crippen LogP contribution is -2.62. The maximum atomic E-state index is 9.18. The van der Waals surface area contributed by atoms with Gasteiger partial charge in [-0.05, 0) is 46.5 Å². The zero-order valence-electron chi connectivity index (χ0n) is 24.0. The van der Waals surface area contributed by atoms with Crippen LogP contribution in [0.2, 0.25) is 0 Å². The zero-order chi connectivity index (χ0) is 29.7. The van der Waals surface area contributed by atoms with Gasteiger partial charge in [-0.3, -0.25) is 0 Å². The van der Waals surface area contributed by atoms with Crippen LogP contribution in [0.4, 0.5) is 0 Å². The Balaban J connectivity index is 1.48. The van der Waals surface area contributed by atoms with Crippen LogP contribution in [0.3, 0.4) is 0 Å². The van der Waals surface area contributed by atoms with E-state index in [2.05, 4.69) is 10.0 Å². The van der Waals surface area contributed by atoms with E-state index in [0.29, 0.717) is 31.3 Å². The molecule has 0 aliphatic carbocycles. The van der Waals surface area contributed by atoms with Crippen LogP contribution in [0.15, 0.2) is 120 Å². The summed E-state index contributed by atoms with van der Waals surface area (Å²) in [4.78, 5) is 2.99. The van der Waals surface area contributed by atoms with Crippen molar-refractivity contribution in [3.05, 3.63) is 142 Å². The molecule has 0 bridgehead atoms. The van der Waals surface area contributed by atoms with Gasteiger partial charge >= 0.3 is 0 Å². The molecule has 9 heteroatoms. The van der Waals surface area contributed by atoms with E-state index in [1.165, 1.54) is 0 Å². The first-order valence-electron chi connectivity index (χ1n) is 14.2. The van der Waals surface area contributed by atoms with Gasteiger partial charge in [0, 0.05) is 4.91 Å². The van der Waals surface area contributed by atoms with Crippen LogP contribution in [-0.2, 0) is 38.8 Å². The van der Waals surface area contributed by atoms with Crippen LogP contribution in [-0.4, -0.2) is 44.4 Å². The van der Waals surface area contributed by atoms with E-state index in [1.54, 1.807) is 19.2 Å². The molecule has 0 N–H and O–H groups in total. The second-order valence-electron chi connectivity index (χ2n) is 10.0. The molecule has 0 saturated carbocycles. The van der Waals surface area contributed by atoms with E-state index in [4.69, 9.17) is 28.4 Å². The predicted octanol–water partition coefficient (Wildman–Crippen LogP) is 6.87. The lowest BCUT2D eigenvalue weighted by molar-refractivity contribution is -0.301. The van der Waals surface area contributed by atoms with Crippen molar-refractivity contribution in [1.29, 1.82) is 0 Å². The number of nitrogens with zero attached hydrogens (tertiary/aromatic N) is 3. The molecule has 4 aromatic carbocycles. The Hall–Kier alpha value is -4.37. The number of rotatable bonds is 14. The average Bonchev–Trinajstić information content (AvgIpc) is 3.07. The number of benzene rings is 4. The van der Waals surface area contributed by atoms with Crippen molar-refractivity contribution in [2.45, 2.75) is 50.5 Å². The molecular weight excluding hydrogens is 546 g/mol. The Bertz CT molecular complexity index is 1420. The smallest absolute Gasteiger partial charge is 0.229 e. The molecule has 1 heterocycles. The van der Waals surface area contributed by atoms with Gasteiger partial charge in [0.25, 0.3) is 0 Å². The highest BCUT2D eigenvalue weighted by atomic mass is 16.7. The van der Waals surface area contributed by atoms with E-state index >= 15 is 0 Å². The maximum Gasteiger partial charge on any atom is 0.229 e. The van der Waals surface area contributed by atoms with Crippen LogP contribution in [0, 0.1) is 0 Å². The van der Waals surface area contributed by atoms with Crippen molar-refractivity contribution in [3.63, 3.8) is 0 Å². The Morgan fingerprint density at radius 2 is 1.09 bits per heavy atom. The summed E-state index contributed by atoms with van der Waals surface area (Å²) in [6.45, 7) is 0.942. The topological polar surface area (TPSA) is 104 Å². The highest BCUT2D eigenvalue weighted by molar-refractivity contribution is 5.31. The molecule has 0 spiro atoms. The minimum Gasteiger partial charge on any atom is -0.497 e. The summed E-state index contributed by atoms with van der Waals surface area (Å²) in [5, 5.41) is 3.84. The summed E-state index contributed by atoms with van der Waals surface area (Å²) in [6, 6.07) is 36.9. The molecule has 1 aliphatic heterocycles. The molecule has 9 nitrogen and oxygen atoms in total. The molecule has 0 aromatic heterocycles. The van der Waals surface area contributed by atoms with Gasteiger partial charge in [0.15, 0.2) is 0 Å². The first kappa shape index (κ1) is 30.1. The molecule has 5 atom stereocenters. The molecule has 43 heavy (non-hydrogen) atoms. The monoisotopic (exact) mass is 581 g/mol. The molecule has 222 valence electrons. The molecule has 1 saturated heterocycles. The van der Waals surface area contributed by atoms with Gasteiger partial charge < -0.3 is 28.4 Å². The number of methoxy groups -OCH3 is 1. The Morgan fingerprint density at radius 1 is 0.628 bits per heavy atom. The van der Waals surface area contributed by atoms with Crippen LogP contribution < -0.4 is 9.47 Å². The largest absolute Gasteiger partial charge is 0.497 e. The van der Waals surface area contributed by atoms with Gasteiger partial charge in [0.05, 0.1) is 39.6 Å². The minimum absolute atomic E-state index is 0.0228. The van der Waals surface area contributed by atoms with E-state index in [1.807, 2.05) is 103 Å². The quantitative estimate of drug-likeness (QED) is 0.0915. The summed E-state index contributed by atoms with van der Waals surface area (Å²) >= 11 is 0. The van der Waals surface area contributed by atoms with Crippen LogP contribution in [0.25, 0.3) is 10.4 Å². The lowest BCUT2D eigenvalue weighted by atomic mass is 9.97. The summed E-state index contributed by atoms with van der Waals surface area (Å²) < 4.78 is 37.9. The second kappa shape index (κ2) is 15.7. The van der Waals surface area contributed by atoms with Crippen molar-refractivity contribution in [1.82, 2.24) is 0 Å². The zero-order valence-corrected chi connectivity index (χ0v) is 24.0. The fraction of sp³-hybridized carbons (Fsp3) is 0.294. The van der Waals surface area contributed by atoms with Crippen LogP contribution >= 0.6 is 0 Å². The third-order valence-electron chi connectivity index (χ3n) is 7.08. The number of hydrogen-bond acceptors (Lipinski definition) is 7. The summed E-state index contributed by atoms with van der Waals surface area (Å²) in [7, 11) is 1.61. The fourth-order valence-corrected chi connectivity index (χ4v) is 4.89. The number of hydrogen-bond donors (Lipinski definition) is 0. The third-order valence-corrected chi connectivity index (χ3v) is 7.08. The summed E-state index contributed by atoms with van der Waals surface area (Å²) in [5.74, 6) is 1.26. The second-order valence-corrected chi connectivity index (χ2v) is 10.0. The number of azide groups is 1. The maximum absolute atomic E-state index is 9.18. The highest BCUT2D eigenvalue weighted by Gasteiger charge is 2.49. The Labute approximate surface area is 251 Å². The Morgan fingerprint density at radius 3 is 1.58 bits per heavy atom. The lowest BCUT2D eigenvalue weighted by Gasteiger charge is -2.45. The van der Waals surface area contributed by atoms with Crippen molar-refractivity contribution >= 4 is 0 Å². The Kier molecular flexibility index (Phi) is 11.0. The molecular formula is C34H35N3O6. The fourth-order valence-electron chi connectivity index (χ4n) is 4.89. The van der Waals surface area contributed by atoms with Crippen LogP contribution in [0.1, 0.15) is 16.7 Å². The molecule has 4 aromatic rings. The van der Waals surface area contributed by atoms with Gasteiger partial charge in [-0.15, -0.1) is 0 Å². The van der Waals surface area contributed by atoms with E-state index in [9.17, 15) is 5.53 Å². The summed E-state index contributed by atoms with van der Waals surface area (Å²) in [6.07, 6.45) is -3.53. The SMILES string of the molecule is COc1ccc(O[C@H]2OC(CN=[N+]=[N-])[C@@H](OCc3ccccc3)[C@@H](OCc3ccccc3)C2OCc2ccccc2)cc1. The van der Waals surface area contributed by atoms with Gasteiger partial charge in [-0.25, -0.2) is 0 Å². The highest BCUT2D eigenvalue weighted by Crippen LogP contribution is 2.32.